The molecule has 14 heavy (non-hydrogen) atoms. The molecule has 0 saturated heterocycles. The van der Waals surface area contributed by atoms with E-state index in [9.17, 15) is 4.79 Å². The van der Waals surface area contributed by atoms with Gasteiger partial charge in [-0.2, -0.15) is 10.2 Å². The molecule has 0 aliphatic heterocycles. The van der Waals surface area contributed by atoms with Crippen molar-refractivity contribution in [3.63, 3.8) is 0 Å². The first-order chi connectivity index (χ1) is 6.69. The number of methoxy groups -OCH3 is 1. The second-order valence-corrected chi connectivity index (χ2v) is 2.79. The van der Waals surface area contributed by atoms with Crippen molar-refractivity contribution in [2.45, 2.75) is 6.92 Å². The normalized spacial score (nSPS) is 10.5. The molecule has 0 fully saturated rings. The van der Waals surface area contributed by atoms with E-state index in [4.69, 9.17) is 0 Å². The van der Waals surface area contributed by atoms with E-state index in [1.807, 2.05) is 13.0 Å². The Morgan fingerprint density at radius 1 is 1.43 bits per heavy atom. The molecule has 1 rings (SSSR count). The number of ether oxygens (including phenoxy) is 1. The van der Waals surface area contributed by atoms with Gasteiger partial charge in [-0.05, 0) is 24.6 Å². The van der Waals surface area contributed by atoms with Gasteiger partial charge < -0.3 is 4.74 Å². The first-order valence-electron chi connectivity index (χ1n) is 4.18. The third-order valence-corrected chi connectivity index (χ3v) is 1.84. The number of rotatable bonds is 2. The predicted octanol–water partition coefficient (Wildman–Crippen LogP) is 2.50. The van der Waals surface area contributed by atoms with E-state index in [1.165, 1.54) is 7.11 Å². The summed E-state index contributed by atoms with van der Waals surface area (Å²) in [4.78, 5) is 11.2. The molecule has 4 nitrogen and oxygen atoms in total. The highest BCUT2D eigenvalue weighted by molar-refractivity contribution is 5.90. The fourth-order valence-electron chi connectivity index (χ4n) is 1.07. The van der Waals surface area contributed by atoms with E-state index in [0.717, 1.165) is 5.56 Å². The van der Waals surface area contributed by atoms with Crippen molar-refractivity contribution >= 4 is 11.7 Å². The van der Waals surface area contributed by atoms with Crippen molar-refractivity contribution in [2.75, 3.05) is 14.2 Å². The topological polar surface area (TPSA) is 51.0 Å². The van der Waals surface area contributed by atoms with Crippen molar-refractivity contribution in [1.29, 1.82) is 0 Å². The van der Waals surface area contributed by atoms with Crippen LogP contribution in [0.4, 0.5) is 5.69 Å². The zero-order valence-corrected chi connectivity index (χ0v) is 8.44. The Balaban J connectivity index is 3.12. The molecular formula is C10H12N2O2. The van der Waals surface area contributed by atoms with E-state index in [-0.39, 0.29) is 5.97 Å². The van der Waals surface area contributed by atoms with Crippen molar-refractivity contribution in [2.24, 2.45) is 10.2 Å². The summed E-state index contributed by atoms with van der Waals surface area (Å²) >= 11 is 0. The second-order valence-electron chi connectivity index (χ2n) is 2.79. The number of azo groups is 1. The van der Waals surface area contributed by atoms with Crippen LogP contribution in [-0.4, -0.2) is 20.1 Å². The highest BCUT2D eigenvalue weighted by Gasteiger charge is 2.07. The standard InChI is InChI=1S/C10H12N2O2/c1-7-4-5-8(10(13)14-3)6-9(7)12-11-2/h4-6H,1-3H3. The maximum Gasteiger partial charge on any atom is 0.337 e. The van der Waals surface area contributed by atoms with Gasteiger partial charge in [-0.3, -0.25) is 0 Å². The third kappa shape index (κ3) is 2.16. The number of hydrogen-bond acceptors (Lipinski definition) is 4. The Morgan fingerprint density at radius 3 is 2.71 bits per heavy atom. The SMILES string of the molecule is CN=Nc1cc(C(=O)OC)ccc1C. The molecule has 4 heteroatoms. The van der Waals surface area contributed by atoms with Crippen LogP contribution in [0.5, 0.6) is 0 Å². The Kier molecular flexibility index (Phi) is 3.34. The van der Waals surface area contributed by atoms with Gasteiger partial charge in [-0.1, -0.05) is 6.07 Å². The zero-order chi connectivity index (χ0) is 10.6. The van der Waals surface area contributed by atoms with Crippen LogP contribution in [0.1, 0.15) is 15.9 Å². The fourth-order valence-corrected chi connectivity index (χ4v) is 1.07. The minimum atomic E-state index is -0.363. The van der Waals surface area contributed by atoms with Crippen LogP contribution in [0.2, 0.25) is 0 Å². The van der Waals surface area contributed by atoms with Gasteiger partial charge in [0.1, 0.15) is 0 Å². The first-order valence-corrected chi connectivity index (χ1v) is 4.18. The van der Waals surface area contributed by atoms with Crippen LogP contribution in [-0.2, 0) is 4.74 Å². The largest absolute Gasteiger partial charge is 0.465 e. The molecule has 0 bridgehead atoms. The number of hydrogen-bond donors (Lipinski definition) is 0. The van der Waals surface area contributed by atoms with Crippen molar-refractivity contribution < 1.29 is 9.53 Å². The van der Waals surface area contributed by atoms with Crippen molar-refractivity contribution in [1.82, 2.24) is 0 Å². The maximum atomic E-state index is 11.2. The number of nitrogens with zero attached hydrogens (tertiary/aromatic N) is 2. The average molecular weight is 192 g/mol. The summed E-state index contributed by atoms with van der Waals surface area (Å²) in [5.74, 6) is -0.363. The van der Waals surface area contributed by atoms with Crippen LogP contribution in [0.25, 0.3) is 0 Å². The summed E-state index contributed by atoms with van der Waals surface area (Å²) in [6.07, 6.45) is 0. The van der Waals surface area contributed by atoms with E-state index >= 15 is 0 Å². The molecule has 0 unspecified atom stereocenters. The summed E-state index contributed by atoms with van der Waals surface area (Å²) in [5.41, 5.74) is 2.15. The minimum absolute atomic E-state index is 0.363. The monoisotopic (exact) mass is 192 g/mol. The van der Waals surface area contributed by atoms with E-state index in [2.05, 4.69) is 15.0 Å². The van der Waals surface area contributed by atoms with Gasteiger partial charge in [-0.15, -0.1) is 0 Å². The Bertz CT molecular complexity index is 372. The van der Waals surface area contributed by atoms with Crippen LogP contribution in [0.15, 0.2) is 28.4 Å². The van der Waals surface area contributed by atoms with Gasteiger partial charge in [0.15, 0.2) is 0 Å². The van der Waals surface area contributed by atoms with Gasteiger partial charge in [-0.25, -0.2) is 4.79 Å². The van der Waals surface area contributed by atoms with E-state index < -0.39 is 0 Å². The lowest BCUT2D eigenvalue weighted by Crippen LogP contribution is -2.00. The predicted molar refractivity (Wildman–Crippen MR) is 53.0 cm³/mol. The molecule has 1 aromatic carbocycles. The van der Waals surface area contributed by atoms with Gasteiger partial charge in [0, 0.05) is 7.05 Å². The van der Waals surface area contributed by atoms with Crippen molar-refractivity contribution in [3.8, 4) is 0 Å². The Hall–Kier alpha value is -1.71. The summed E-state index contributed by atoms with van der Waals surface area (Å²) in [6.45, 7) is 1.91. The minimum Gasteiger partial charge on any atom is -0.465 e. The molecule has 0 aliphatic rings. The fraction of sp³-hybridized carbons (Fsp3) is 0.300. The molecule has 0 aliphatic carbocycles. The third-order valence-electron chi connectivity index (χ3n) is 1.84. The molecule has 0 heterocycles. The van der Waals surface area contributed by atoms with Crippen molar-refractivity contribution in [3.05, 3.63) is 29.3 Å². The van der Waals surface area contributed by atoms with Crippen LogP contribution in [0, 0.1) is 6.92 Å². The Labute approximate surface area is 82.6 Å². The summed E-state index contributed by atoms with van der Waals surface area (Å²) in [5, 5.41) is 7.57. The number of carbonyl (C=O) groups is 1. The van der Waals surface area contributed by atoms with Gasteiger partial charge in [0.25, 0.3) is 0 Å². The number of carbonyl (C=O) groups excluding carboxylic acids is 1. The van der Waals surface area contributed by atoms with Gasteiger partial charge in [0.2, 0.25) is 0 Å². The molecule has 0 radical (unpaired) electrons. The molecule has 0 amide bonds. The first kappa shape index (κ1) is 10.4. The maximum absolute atomic E-state index is 11.2. The van der Waals surface area contributed by atoms with Gasteiger partial charge in [0.05, 0.1) is 18.4 Å². The quantitative estimate of drug-likeness (QED) is 0.534. The van der Waals surface area contributed by atoms with E-state index in [1.54, 1.807) is 19.2 Å². The summed E-state index contributed by atoms with van der Waals surface area (Å²) < 4.78 is 4.60. The second kappa shape index (κ2) is 4.50. The molecule has 0 atom stereocenters. The zero-order valence-electron chi connectivity index (χ0n) is 8.44. The molecule has 0 N–H and O–H groups in total. The number of esters is 1. The molecule has 74 valence electrons. The lowest BCUT2D eigenvalue weighted by Gasteiger charge is -2.02. The van der Waals surface area contributed by atoms with Gasteiger partial charge >= 0.3 is 5.97 Å². The van der Waals surface area contributed by atoms with E-state index in [0.29, 0.717) is 11.3 Å². The molecular weight excluding hydrogens is 180 g/mol. The smallest absolute Gasteiger partial charge is 0.337 e. The number of benzene rings is 1. The molecule has 0 aromatic heterocycles. The lowest BCUT2D eigenvalue weighted by molar-refractivity contribution is 0.0601. The lowest BCUT2D eigenvalue weighted by atomic mass is 10.1. The highest BCUT2D eigenvalue weighted by Crippen LogP contribution is 2.20. The molecule has 1 aromatic rings. The number of aryl methyl sites for hydroxylation is 1. The summed E-state index contributed by atoms with van der Waals surface area (Å²) in [6, 6.07) is 5.18. The average Bonchev–Trinajstić information content (AvgIpc) is 2.20. The summed E-state index contributed by atoms with van der Waals surface area (Å²) in [7, 11) is 2.94. The highest BCUT2D eigenvalue weighted by atomic mass is 16.5. The molecule has 0 saturated carbocycles. The van der Waals surface area contributed by atoms with Crippen LogP contribution < -0.4 is 0 Å². The Morgan fingerprint density at radius 2 is 2.14 bits per heavy atom. The van der Waals surface area contributed by atoms with Crippen LogP contribution in [0.3, 0.4) is 0 Å². The molecule has 0 spiro atoms. The van der Waals surface area contributed by atoms with Crippen LogP contribution >= 0.6 is 0 Å².